The van der Waals surface area contributed by atoms with Gasteiger partial charge in [0.1, 0.15) is 5.65 Å². The van der Waals surface area contributed by atoms with E-state index in [1.54, 1.807) is 6.20 Å². The second-order valence-electron chi connectivity index (χ2n) is 7.36. The number of aromatic nitrogens is 2. The van der Waals surface area contributed by atoms with Gasteiger partial charge in [-0.2, -0.15) is 0 Å². The van der Waals surface area contributed by atoms with Gasteiger partial charge >= 0.3 is 0 Å². The molecule has 0 saturated heterocycles. The second kappa shape index (κ2) is 7.09. The van der Waals surface area contributed by atoms with Crippen LogP contribution in [-0.2, 0) is 6.42 Å². The number of amides is 1. The van der Waals surface area contributed by atoms with Crippen LogP contribution >= 0.6 is 0 Å². The van der Waals surface area contributed by atoms with Gasteiger partial charge < -0.3 is 19.9 Å². The van der Waals surface area contributed by atoms with Crippen LogP contribution in [0.3, 0.4) is 0 Å². The van der Waals surface area contributed by atoms with Gasteiger partial charge in [-0.1, -0.05) is 0 Å². The summed E-state index contributed by atoms with van der Waals surface area (Å²) >= 11 is 0. The van der Waals surface area contributed by atoms with E-state index in [9.17, 15) is 4.79 Å². The first-order valence-corrected chi connectivity index (χ1v) is 9.27. The summed E-state index contributed by atoms with van der Waals surface area (Å²) in [7, 11) is 6.06. The molecule has 144 valence electrons. The fraction of sp³-hybridized carbons (Fsp3) is 0.286. The Balaban J connectivity index is 1.88. The number of benzene rings is 1. The van der Waals surface area contributed by atoms with Gasteiger partial charge in [-0.15, -0.1) is 0 Å². The summed E-state index contributed by atoms with van der Waals surface area (Å²) in [5, 5.41) is 0. The third-order valence-corrected chi connectivity index (χ3v) is 5.14. The van der Waals surface area contributed by atoms with Gasteiger partial charge in [-0.25, -0.2) is 4.98 Å². The summed E-state index contributed by atoms with van der Waals surface area (Å²) in [6, 6.07) is 6.12. The number of hydrogen-bond acceptors (Lipinski definition) is 5. The van der Waals surface area contributed by atoms with Crippen LogP contribution in [0, 0.1) is 0 Å². The molecular formula is C21H24N6O. The van der Waals surface area contributed by atoms with Crippen molar-refractivity contribution in [1.82, 2.24) is 14.3 Å². The lowest BCUT2D eigenvalue weighted by Gasteiger charge is -2.26. The zero-order valence-corrected chi connectivity index (χ0v) is 16.4. The summed E-state index contributed by atoms with van der Waals surface area (Å²) < 4.78 is 1.97. The van der Waals surface area contributed by atoms with Crippen molar-refractivity contribution >= 4 is 29.1 Å². The molecule has 0 saturated carbocycles. The molecule has 1 aromatic carbocycles. The minimum absolute atomic E-state index is 0.413. The van der Waals surface area contributed by atoms with Gasteiger partial charge in [0.15, 0.2) is 0 Å². The number of anilines is 1. The Morgan fingerprint density at radius 1 is 1.21 bits per heavy atom. The summed E-state index contributed by atoms with van der Waals surface area (Å²) in [6.07, 6.45) is 8.14. The van der Waals surface area contributed by atoms with E-state index in [0.717, 1.165) is 46.8 Å². The quantitative estimate of drug-likeness (QED) is 0.716. The van der Waals surface area contributed by atoms with Gasteiger partial charge in [-0.05, 0) is 43.4 Å². The van der Waals surface area contributed by atoms with Crippen molar-refractivity contribution < 1.29 is 4.79 Å². The highest BCUT2D eigenvalue weighted by molar-refractivity contribution is 6.06. The molecule has 0 atom stereocenters. The molecule has 4 rings (SSSR count). The number of imidazole rings is 1. The standard InChI is InChI=1S/C21H24N6O/c1-25(2)10-11-26(3)17-13-16(14-5-8-27-9-7-23-18(27)12-14)20-15(4-6-24-20)19(17)21(22)28/h5-9,12-13H,4,10-11H2,1-3H3,(H2,22,28). The molecule has 7 nitrogen and oxygen atoms in total. The van der Waals surface area contributed by atoms with Crippen molar-refractivity contribution in [2.45, 2.75) is 6.42 Å². The third-order valence-electron chi connectivity index (χ3n) is 5.14. The number of nitrogens with two attached hydrogens (primary N) is 1. The Morgan fingerprint density at radius 2 is 2.04 bits per heavy atom. The van der Waals surface area contributed by atoms with Crippen molar-refractivity contribution in [3.63, 3.8) is 0 Å². The third kappa shape index (κ3) is 3.14. The largest absolute Gasteiger partial charge is 0.373 e. The van der Waals surface area contributed by atoms with Gasteiger partial charge in [0.05, 0.1) is 16.9 Å². The molecular weight excluding hydrogens is 352 g/mol. The van der Waals surface area contributed by atoms with E-state index in [4.69, 9.17) is 5.73 Å². The topological polar surface area (TPSA) is 79.2 Å². The smallest absolute Gasteiger partial charge is 0.251 e. The van der Waals surface area contributed by atoms with Crippen molar-refractivity contribution in [3.05, 3.63) is 47.9 Å². The number of nitrogens with zero attached hydrogens (tertiary/aromatic N) is 5. The molecule has 1 aliphatic rings. The van der Waals surface area contributed by atoms with Crippen molar-refractivity contribution in [2.75, 3.05) is 39.1 Å². The molecule has 7 heteroatoms. The first-order chi connectivity index (χ1) is 13.5. The predicted octanol–water partition coefficient (Wildman–Crippen LogP) is 2.36. The van der Waals surface area contributed by atoms with Crippen LogP contribution in [0.2, 0.25) is 0 Å². The molecule has 2 aromatic heterocycles. The Labute approximate surface area is 164 Å². The molecule has 3 aromatic rings. The van der Waals surface area contributed by atoms with Crippen molar-refractivity contribution in [3.8, 4) is 11.1 Å². The lowest BCUT2D eigenvalue weighted by molar-refractivity contribution is 0.1000. The van der Waals surface area contributed by atoms with Gasteiger partial charge in [0, 0.05) is 56.9 Å². The highest BCUT2D eigenvalue weighted by Gasteiger charge is 2.25. The molecule has 28 heavy (non-hydrogen) atoms. The normalized spacial score (nSPS) is 12.7. The van der Waals surface area contributed by atoms with Crippen LogP contribution in [0.4, 0.5) is 11.4 Å². The van der Waals surface area contributed by atoms with E-state index in [-0.39, 0.29) is 0 Å². The minimum Gasteiger partial charge on any atom is -0.373 e. The Kier molecular flexibility index (Phi) is 4.60. The van der Waals surface area contributed by atoms with E-state index in [1.165, 1.54) is 0 Å². The lowest BCUT2D eigenvalue weighted by atomic mass is 9.93. The Hall–Kier alpha value is -3.19. The van der Waals surface area contributed by atoms with Crippen molar-refractivity contribution in [2.24, 2.45) is 10.7 Å². The number of primary amides is 1. The predicted molar refractivity (Wildman–Crippen MR) is 113 cm³/mol. The maximum atomic E-state index is 12.3. The van der Waals surface area contributed by atoms with Gasteiger partial charge in [0.25, 0.3) is 5.91 Å². The van der Waals surface area contributed by atoms with E-state index >= 15 is 0 Å². The summed E-state index contributed by atoms with van der Waals surface area (Å²) in [4.78, 5) is 25.5. The zero-order valence-electron chi connectivity index (χ0n) is 16.4. The second-order valence-corrected chi connectivity index (χ2v) is 7.36. The molecule has 0 spiro atoms. The van der Waals surface area contributed by atoms with Crippen LogP contribution in [0.15, 0.2) is 41.8 Å². The SMILES string of the molecule is CN(C)CCN(C)c1cc(-c2ccn3ccnc3c2)c2c(c1C(N)=O)CC=N2. The zero-order chi connectivity index (χ0) is 19.8. The molecule has 0 bridgehead atoms. The van der Waals surface area contributed by atoms with E-state index in [0.29, 0.717) is 12.0 Å². The summed E-state index contributed by atoms with van der Waals surface area (Å²) in [5.41, 5.74) is 11.8. The maximum absolute atomic E-state index is 12.3. The maximum Gasteiger partial charge on any atom is 0.251 e. The van der Waals surface area contributed by atoms with Crippen LogP contribution in [0.1, 0.15) is 15.9 Å². The number of carbonyl (C=O) groups is 1. The number of pyridine rings is 1. The molecule has 3 heterocycles. The van der Waals surface area contributed by atoms with Crippen LogP contribution in [0.5, 0.6) is 0 Å². The number of rotatable bonds is 6. The summed E-state index contributed by atoms with van der Waals surface area (Å²) in [5.74, 6) is -0.413. The van der Waals surface area contributed by atoms with E-state index in [1.807, 2.05) is 62.4 Å². The van der Waals surface area contributed by atoms with Gasteiger partial charge in [-0.3, -0.25) is 9.79 Å². The van der Waals surface area contributed by atoms with E-state index in [2.05, 4.69) is 19.8 Å². The fourth-order valence-corrected chi connectivity index (χ4v) is 3.63. The number of aliphatic imine (C=N–C) groups is 1. The number of fused-ring (bicyclic) bond motifs is 2. The van der Waals surface area contributed by atoms with Crippen LogP contribution in [-0.4, -0.2) is 60.6 Å². The van der Waals surface area contributed by atoms with E-state index < -0.39 is 5.91 Å². The lowest BCUT2D eigenvalue weighted by Crippen LogP contribution is -2.30. The average Bonchev–Trinajstić information content (AvgIpc) is 3.32. The average molecular weight is 376 g/mol. The first kappa shape index (κ1) is 18.2. The Bertz CT molecular complexity index is 1080. The van der Waals surface area contributed by atoms with Crippen LogP contribution < -0.4 is 10.6 Å². The number of carbonyl (C=O) groups excluding carboxylic acids is 1. The highest BCUT2D eigenvalue weighted by Crippen LogP contribution is 2.42. The molecule has 0 fully saturated rings. The number of hydrogen-bond donors (Lipinski definition) is 1. The molecule has 0 unspecified atom stereocenters. The highest BCUT2D eigenvalue weighted by atomic mass is 16.1. The molecule has 1 amide bonds. The van der Waals surface area contributed by atoms with Crippen LogP contribution in [0.25, 0.3) is 16.8 Å². The first-order valence-electron chi connectivity index (χ1n) is 9.27. The summed E-state index contributed by atoms with van der Waals surface area (Å²) in [6.45, 7) is 1.66. The van der Waals surface area contributed by atoms with Gasteiger partial charge in [0.2, 0.25) is 0 Å². The Morgan fingerprint density at radius 3 is 2.79 bits per heavy atom. The molecule has 0 radical (unpaired) electrons. The molecule has 0 aliphatic carbocycles. The molecule has 2 N–H and O–H groups in total. The molecule has 1 aliphatic heterocycles. The van der Waals surface area contributed by atoms with Crippen molar-refractivity contribution in [1.29, 1.82) is 0 Å². The fourth-order valence-electron chi connectivity index (χ4n) is 3.63. The minimum atomic E-state index is -0.413. The monoisotopic (exact) mass is 376 g/mol. The number of likely N-dealkylation sites (N-methyl/N-ethyl adjacent to an activating group) is 2.